The quantitative estimate of drug-likeness (QED) is 0.845. The van der Waals surface area contributed by atoms with Crippen LogP contribution in [0.15, 0.2) is 42.7 Å². The van der Waals surface area contributed by atoms with Crippen molar-refractivity contribution < 1.29 is 14.3 Å². The number of anilines is 1. The number of carbonyl (C=O) groups excluding carboxylic acids is 1. The summed E-state index contributed by atoms with van der Waals surface area (Å²) < 4.78 is 11.2. The van der Waals surface area contributed by atoms with Crippen LogP contribution in [-0.4, -0.2) is 31.1 Å². The van der Waals surface area contributed by atoms with Crippen LogP contribution in [0.25, 0.3) is 0 Å². The highest BCUT2D eigenvalue weighted by Crippen LogP contribution is 2.31. The summed E-state index contributed by atoms with van der Waals surface area (Å²) in [5, 5.41) is 6.26. The second-order valence-corrected chi connectivity index (χ2v) is 6.03. The van der Waals surface area contributed by atoms with E-state index in [1.165, 1.54) is 0 Å². The molecular weight excluding hydrogens is 318 g/mol. The van der Waals surface area contributed by atoms with Gasteiger partial charge in [0.1, 0.15) is 6.61 Å². The first-order valence-electron chi connectivity index (χ1n) is 8.47. The van der Waals surface area contributed by atoms with Crippen molar-refractivity contribution in [2.75, 3.05) is 25.5 Å². The Hall–Kier alpha value is -2.60. The highest BCUT2D eigenvalue weighted by atomic mass is 16.5. The van der Waals surface area contributed by atoms with Crippen molar-refractivity contribution in [1.29, 1.82) is 0 Å². The van der Waals surface area contributed by atoms with Gasteiger partial charge in [0.25, 0.3) is 0 Å². The molecule has 1 amide bonds. The number of nitrogens with zero attached hydrogens (tertiary/aromatic N) is 1. The minimum atomic E-state index is 0.0584. The zero-order valence-electron chi connectivity index (χ0n) is 14.3. The van der Waals surface area contributed by atoms with Gasteiger partial charge in [0.15, 0.2) is 11.5 Å². The predicted octanol–water partition coefficient (Wildman–Crippen LogP) is 2.61. The number of hydrogen-bond donors (Lipinski definition) is 2. The molecule has 1 saturated heterocycles. The average Bonchev–Trinajstić information content (AvgIpc) is 2.68. The zero-order valence-corrected chi connectivity index (χ0v) is 14.3. The Morgan fingerprint density at radius 1 is 1.28 bits per heavy atom. The maximum atomic E-state index is 12.4. The average molecular weight is 341 g/mol. The lowest BCUT2D eigenvalue weighted by Gasteiger charge is -2.22. The number of pyridine rings is 1. The van der Waals surface area contributed by atoms with Gasteiger partial charge in [-0.1, -0.05) is 6.07 Å². The number of piperidine rings is 1. The SMILES string of the molecule is COc1ccc(NC(=O)C2CCNCC2)cc1OCc1cccnc1. The molecule has 1 aliphatic rings. The van der Waals surface area contributed by atoms with Gasteiger partial charge in [-0.2, -0.15) is 0 Å². The van der Waals surface area contributed by atoms with E-state index < -0.39 is 0 Å². The van der Waals surface area contributed by atoms with Gasteiger partial charge >= 0.3 is 0 Å². The molecule has 6 nitrogen and oxygen atoms in total. The lowest BCUT2D eigenvalue weighted by atomic mass is 9.97. The fourth-order valence-corrected chi connectivity index (χ4v) is 2.84. The van der Waals surface area contributed by atoms with Crippen LogP contribution in [0.5, 0.6) is 11.5 Å². The van der Waals surface area contributed by atoms with Gasteiger partial charge in [-0.15, -0.1) is 0 Å². The second kappa shape index (κ2) is 8.48. The number of nitrogens with one attached hydrogen (secondary N) is 2. The van der Waals surface area contributed by atoms with Crippen LogP contribution in [0.4, 0.5) is 5.69 Å². The molecule has 132 valence electrons. The first-order chi connectivity index (χ1) is 12.3. The first-order valence-corrected chi connectivity index (χ1v) is 8.47. The van der Waals surface area contributed by atoms with E-state index in [4.69, 9.17) is 9.47 Å². The topological polar surface area (TPSA) is 72.5 Å². The molecule has 1 aromatic carbocycles. The van der Waals surface area contributed by atoms with E-state index in [2.05, 4.69) is 15.6 Å². The normalized spacial score (nSPS) is 14.8. The number of ether oxygens (including phenoxy) is 2. The largest absolute Gasteiger partial charge is 0.493 e. The maximum absolute atomic E-state index is 12.4. The Morgan fingerprint density at radius 2 is 2.12 bits per heavy atom. The van der Waals surface area contributed by atoms with Crippen molar-refractivity contribution in [3.63, 3.8) is 0 Å². The summed E-state index contributed by atoms with van der Waals surface area (Å²) in [7, 11) is 1.60. The van der Waals surface area contributed by atoms with E-state index in [0.29, 0.717) is 23.8 Å². The Labute approximate surface area is 147 Å². The highest BCUT2D eigenvalue weighted by molar-refractivity contribution is 5.93. The second-order valence-electron chi connectivity index (χ2n) is 6.03. The van der Waals surface area contributed by atoms with E-state index in [9.17, 15) is 4.79 Å². The molecule has 0 unspecified atom stereocenters. The van der Waals surface area contributed by atoms with Crippen LogP contribution in [0.3, 0.4) is 0 Å². The standard InChI is InChI=1S/C19H23N3O3/c1-24-17-5-4-16(22-19(23)15-6-9-20-10-7-15)11-18(17)25-13-14-3-2-8-21-12-14/h2-5,8,11-12,15,20H,6-7,9-10,13H2,1H3,(H,22,23). The smallest absolute Gasteiger partial charge is 0.227 e. The molecule has 1 fully saturated rings. The molecule has 3 rings (SSSR count). The third-order valence-electron chi connectivity index (χ3n) is 4.26. The van der Waals surface area contributed by atoms with Gasteiger partial charge in [-0.05, 0) is 44.1 Å². The van der Waals surface area contributed by atoms with Crippen LogP contribution in [0.1, 0.15) is 18.4 Å². The molecule has 0 radical (unpaired) electrons. The molecule has 25 heavy (non-hydrogen) atoms. The molecule has 0 atom stereocenters. The first kappa shape index (κ1) is 17.2. The molecule has 1 aliphatic heterocycles. The zero-order chi connectivity index (χ0) is 17.5. The van der Waals surface area contributed by atoms with Gasteiger partial charge in [0.2, 0.25) is 5.91 Å². The fraction of sp³-hybridized carbons (Fsp3) is 0.368. The Balaban J connectivity index is 1.67. The number of hydrogen-bond acceptors (Lipinski definition) is 5. The van der Waals surface area contributed by atoms with Crippen LogP contribution in [-0.2, 0) is 11.4 Å². The van der Waals surface area contributed by atoms with Gasteiger partial charge < -0.3 is 20.1 Å². The van der Waals surface area contributed by atoms with Crippen LogP contribution < -0.4 is 20.1 Å². The third-order valence-corrected chi connectivity index (χ3v) is 4.26. The van der Waals surface area contributed by atoms with E-state index in [-0.39, 0.29) is 11.8 Å². The Kier molecular flexibility index (Phi) is 5.85. The van der Waals surface area contributed by atoms with Crippen molar-refractivity contribution in [3.8, 4) is 11.5 Å². The van der Waals surface area contributed by atoms with E-state index in [1.807, 2.05) is 18.2 Å². The lowest BCUT2D eigenvalue weighted by molar-refractivity contribution is -0.120. The summed E-state index contributed by atoms with van der Waals surface area (Å²) in [5.41, 5.74) is 1.68. The van der Waals surface area contributed by atoms with Gasteiger partial charge in [0, 0.05) is 35.6 Å². The summed E-state index contributed by atoms with van der Waals surface area (Å²) in [4.78, 5) is 16.5. The Bertz CT molecular complexity index is 700. The highest BCUT2D eigenvalue weighted by Gasteiger charge is 2.21. The third kappa shape index (κ3) is 4.70. The number of carbonyl (C=O) groups is 1. The minimum Gasteiger partial charge on any atom is -0.493 e. The van der Waals surface area contributed by atoms with Crippen LogP contribution in [0, 0.1) is 5.92 Å². The number of rotatable bonds is 6. The van der Waals surface area contributed by atoms with Gasteiger partial charge in [-0.3, -0.25) is 9.78 Å². The lowest BCUT2D eigenvalue weighted by Crippen LogP contribution is -2.34. The van der Waals surface area contributed by atoms with Crippen LogP contribution in [0.2, 0.25) is 0 Å². The molecule has 6 heteroatoms. The van der Waals surface area contributed by atoms with Gasteiger partial charge in [0.05, 0.1) is 7.11 Å². The molecule has 1 aromatic heterocycles. The number of benzene rings is 1. The number of amides is 1. The predicted molar refractivity (Wildman–Crippen MR) is 95.8 cm³/mol. The summed E-state index contributed by atoms with van der Waals surface area (Å²) >= 11 is 0. The van der Waals surface area contributed by atoms with Crippen LogP contribution >= 0.6 is 0 Å². The maximum Gasteiger partial charge on any atom is 0.227 e. The molecular formula is C19H23N3O3. The molecule has 2 aromatic rings. The van der Waals surface area contributed by atoms with Crippen molar-refractivity contribution in [2.45, 2.75) is 19.4 Å². The molecule has 2 heterocycles. The molecule has 0 spiro atoms. The molecule has 2 N–H and O–H groups in total. The van der Waals surface area contributed by atoms with Crippen molar-refractivity contribution in [1.82, 2.24) is 10.3 Å². The summed E-state index contributed by atoms with van der Waals surface area (Å²) in [6.45, 7) is 2.16. The summed E-state index contributed by atoms with van der Waals surface area (Å²) in [5.74, 6) is 1.34. The van der Waals surface area contributed by atoms with E-state index >= 15 is 0 Å². The minimum absolute atomic E-state index is 0.0584. The number of methoxy groups -OCH3 is 1. The van der Waals surface area contributed by atoms with Gasteiger partial charge in [-0.25, -0.2) is 0 Å². The molecule has 0 saturated carbocycles. The Morgan fingerprint density at radius 3 is 2.84 bits per heavy atom. The molecule has 0 aliphatic carbocycles. The monoisotopic (exact) mass is 341 g/mol. The van der Waals surface area contributed by atoms with Crippen molar-refractivity contribution >= 4 is 11.6 Å². The fourth-order valence-electron chi connectivity index (χ4n) is 2.84. The van der Waals surface area contributed by atoms with Crippen molar-refractivity contribution in [2.24, 2.45) is 5.92 Å². The summed E-state index contributed by atoms with van der Waals surface area (Å²) in [6.07, 6.45) is 5.22. The van der Waals surface area contributed by atoms with E-state index in [0.717, 1.165) is 31.5 Å². The van der Waals surface area contributed by atoms with Crippen molar-refractivity contribution in [3.05, 3.63) is 48.3 Å². The van der Waals surface area contributed by atoms with E-state index in [1.54, 1.807) is 31.6 Å². The number of aromatic nitrogens is 1. The summed E-state index contributed by atoms with van der Waals surface area (Å²) in [6, 6.07) is 9.24. The molecule has 0 bridgehead atoms.